The Morgan fingerprint density at radius 3 is 2.07 bits per heavy atom. The molecule has 0 atom stereocenters. The number of nitrogens with one attached hydrogen (secondary N) is 1. The number of benzene rings is 2. The highest BCUT2D eigenvalue weighted by molar-refractivity contribution is 5.55. The van der Waals surface area contributed by atoms with Crippen molar-refractivity contribution < 1.29 is 27.1 Å². The third-order valence-corrected chi connectivity index (χ3v) is 4.68. The van der Waals surface area contributed by atoms with Gasteiger partial charge in [-0.25, -0.2) is 0 Å². The molecule has 1 aliphatic heterocycles. The number of hydrogen-bond donors (Lipinski definition) is 1. The van der Waals surface area contributed by atoms with Gasteiger partial charge in [0.25, 0.3) is 0 Å². The van der Waals surface area contributed by atoms with Crippen molar-refractivity contribution in [3.63, 3.8) is 0 Å². The topological polar surface area (TPSA) is 35.2 Å². The second kappa shape index (κ2) is 7.25. The van der Waals surface area contributed by atoms with Crippen LogP contribution in [0, 0.1) is 0 Å². The van der Waals surface area contributed by atoms with Gasteiger partial charge in [0.1, 0.15) is 0 Å². The first-order valence-electron chi connectivity index (χ1n) is 8.51. The van der Waals surface area contributed by atoms with E-state index >= 15 is 0 Å². The number of halogens is 5. The Morgan fingerprint density at radius 2 is 1.48 bits per heavy atom. The average Bonchev–Trinajstić information content (AvgIpc) is 2.62. The lowest BCUT2D eigenvalue weighted by atomic mass is 10.0. The van der Waals surface area contributed by atoms with Gasteiger partial charge in [-0.2, -0.15) is 22.0 Å². The molecule has 0 amide bonds. The fourth-order valence-electron chi connectivity index (χ4n) is 3.19. The van der Waals surface area contributed by atoms with Crippen LogP contribution in [0.25, 0.3) is 0 Å². The van der Waals surface area contributed by atoms with Gasteiger partial charge in [-0.05, 0) is 43.2 Å². The Kier molecular flexibility index (Phi) is 5.17. The molecule has 0 saturated carbocycles. The van der Waals surface area contributed by atoms with Crippen LogP contribution < -0.4 is 10.2 Å². The van der Waals surface area contributed by atoms with Crippen molar-refractivity contribution >= 4 is 11.4 Å². The molecule has 8 heteroatoms. The standard InChI is InChI=1S/C19H18F5N2O/c20-18(21,19(22,23)24)16-3-1-2-4-17(16)25-13-9-11-26(12-10-13)14-5-7-15(27)8-6-14/h1-8,13,25H,9-12H2. The minimum atomic E-state index is -5.65. The molecular weight excluding hydrogens is 367 g/mol. The lowest BCUT2D eigenvalue weighted by Crippen LogP contribution is -2.40. The van der Waals surface area contributed by atoms with Crippen LogP contribution in [0.3, 0.4) is 0 Å². The van der Waals surface area contributed by atoms with E-state index in [1.165, 1.54) is 30.3 Å². The SMILES string of the molecule is [O]c1ccc(N2CCC(Nc3ccccc3C(F)(F)C(F)(F)F)CC2)cc1. The summed E-state index contributed by atoms with van der Waals surface area (Å²) >= 11 is 0. The highest BCUT2D eigenvalue weighted by Gasteiger charge is 2.59. The van der Waals surface area contributed by atoms with Crippen molar-refractivity contribution in [3.05, 3.63) is 54.1 Å². The van der Waals surface area contributed by atoms with Crippen molar-refractivity contribution in [2.45, 2.75) is 31.0 Å². The molecule has 27 heavy (non-hydrogen) atoms. The van der Waals surface area contributed by atoms with Crippen LogP contribution in [0.2, 0.25) is 0 Å². The smallest absolute Gasteiger partial charge is 0.382 e. The Labute approximate surface area is 153 Å². The van der Waals surface area contributed by atoms with E-state index in [1.807, 2.05) is 4.90 Å². The van der Waals surface area contributed by atoms with Gasteiger partial charge in [0, 0.05) is 30.5 Å². The molecule has 2 aromatic rings. The van der Waals surface area contributed by atoms with Crippen LogP contribution in [0.5, 0.6) is 5.75 Å². The summed E-state index contributed by atoms with van der Waals surface area (Å²) in [6.07, 6.45) is -4.50. The van der Waals surface area contributed by atoms with E-state index in [9.17, 15) is 27.1 Å². The minimum absolute atomic E-state index is 0.0856. The molecule has 0 bridgehead atoms. The van der Waals surface area contributed by atoms with E-state index in [0.29, 0.717) is 25.9 Å². The van der Waals surface area contributed by atoms with Crippen molar-refractivity contribution in [1.29, 1.82) is 0 Å². The average molecular weight is 385 g/mol. The lowest BCUT2D eigenvalue weighted by molar-refractivity contribution is -0.289. The Morgan fingerprint density at radius 1 is 0.889 bits per heavy atom. The summed E-state index contributed by atoms with van der Waals surface area (Å²) in [5.74, 6) is -5.00. The van der Waals surface area contributed by atoms with Crippen LogP contribution in [0.4, 0.5) is 33.3 Å². The largest absolute Gasteiger partial charge is 0.458 e. The molecule has 1 fully saturated rings. The molecule has 0 aliphatic carbocycles. The molecule has 0 aromatic heterocycles. The second-order valence-corrected chi connectivity index (χ2v) is 6.52. The van der Waals surface area contributed by atoms with E-state index in [-0.39, 0.29) is 17.5 Å². The first-order valence-corrected chi connectivity index (χ1v) is 8.51. The van der Waals surface area contributed by atoms with Crippen LogP contribution in [0.15, 0.2) is 48.5 Å². The fourth-order valence-corrected chi connectivity index (χ4v) is 3.19. The Hall–Kier alpha value is -2.51. The summed E-state index contributed by atoms with van der Waals surface area (Å²) in [4.78, 5) is 2.05. The molecule has 3 rings (SSSR count). The molecule has 0 unspecified atom stereocenters. The predicted molar refractivity (Wildman–Crippen MR) is 91.8 cm³/mol. The fraction of sp³-hybridized carbons (Fsp3) is 0.368. The summed E-state index contributed by atoms with van der Waals surface area (Å²) in [5.41, 5.74) is -0.378. The monoisotopic (exact) mass is 385 g/mol. The molecule has 1 aliphatic rings. The first kappa shape index (κ1) is 19.3. The molecule has 2 aromatic carbocycles. The quantitative estimate of drug-likeness (QED) is 0.699. The van der Waals surface area contributed by atoms with E-state index in [1.54, 1.807) is 12.1 Å². The summed E-state index contributed by atoms with van der Waals surface area (Å²) in [7, 11) is 0. The van der Waals surface area contributed by atoms with Gasteiger partial charge in [0.15, 0.2) is 5.75 Å². The summed E-state index contributed by atoms with van der Waals surface area (Å²) in [6, 6.07) is 10.8. The first-order chi connectivity index (χ1) is 12.7. The number of rotatable bonds is 4. The molecule has 1 radical (unpaired) electrons. The summed E-state index contributed by atoms with van der Waals surface area (Å²) < 4.78 is 65.8. The maximum Gasteiger partial charge on any atom is 0.458 e. The molecule has 3 nitrogen and oxygen atoms in total. The molecule has 0 spiro atoms. The van der Waals surface area contributed by atoms with Gasteiger partial charge in [-0.1, -0.05) is 18.2 Å². The predicted octanol–water partition coefficient (Wildman–Crippen LogP) is 5.57. The van der Waals surface area contributed by atoms with Crippen LogP contribution in [0.1, 0.15) is 18.4 Å². The van der Waals surface area contributed by atoms with Crippen molar-refractivity contribution in [2.75, 3.05) is 23.3 Å². The van der Waals surface area contributed by atoms with Crippen LogP contribution in [-0.2, 0) is 11.0 Å². The maximum absolute atomic E-state index is 13.8. The normalized spacial score (nSPS) is 16.4. The molecule has 1 heterocycles. The lowest BCUT2D eigenvalue weighted by Gasteiger charge is -2.35. The van der Waals surface area contributed by atoms with E-state index in [2.05, 4.69) is 5.32 Å². The van der Waals surface area contributed by atoms with E-state index < -0.39 is 17.7 Å². The van der Waals surface area contributed by atoms with Gasteiger partial charge < -0.3 is 10.2 Å². The van der Waals surface area contributed by atoms with Crippen molar-refractivity contribution in [2.24, 2.45) is 0 Å². The zero-order valence-electron chi connectivity index (χ0n) is 14.3. The van der Waals surface area contributed by atoms with Gasteiger partial charge in [0.05, 0.1) is 5.56 Å². The third kappa shape index (κ3) is 4.09. The zero-order chi connectivity index (χ0) is 19.7. The van der Waals surface area contributed by atoms with Crippen LogP contribution in [-0.4, -0.2) is 25.3 Å². The van der Waals surface area contributed by atoms with Crippen molar-refractivity contribution in [1.82, 2.24) is 0 Å². The zero-order valence-corrected chi connectivity index (χ0v) is 14.3. The molecule has 1 saturated heterocycles. The molecule has 145 valence electrons. The molecule has 1 N–H and O–H groups in total. The third-order valence-electron chi connectivity index (χ3n) is 4.68. The number of para-hydroxylation sites is 1. The van der Waals surface area contributed by atoms with Gasteiger partial charge >= 0.3 is 12.1 Å². The summed E-state index contributed by atoms with van der Waals surface area (Å²) in [6.45, 7) is 1.21. The van der Waals surface area contributed by atoms with Gasteiger partial charge in [-0.3, -0.25) is 5.11 Å². The summed E-state index contributed by atoms with van der Waals surface area (Å²) in [5, 5.41) is 14.0. The van der Waals surface area contributed by atoms with Crippen molar-refractivity contribution in [3.8, 4) is 5.75 Å². The molecular formula is C19H18F5N2O. The number of nitrogens with zero attached hydrogens (tertiary/aromatic N) is 1. The number of anilines is 2. The highest BCUT2D eigenvalue weighted by Crippen LogP contribution is 2.46. The Balaban J connectivity index is 1.69. The van der Waals surface area contributed by atoms with E-state index in [0.717, 1.165) is 11.8 Å². The highest BCUT2D eigenvalue weighted by atomic mass is 19.4. The van der Waals surface area contributed by atoms with E-state index in [4.69, 9.17) is 0 Å². The second-order valence-electron chi connectivity index (χ2n) is 6.52. The number of alkyl halides is 5. The van der Waals surface area contributed by atoms with Gasteiger partial charge in [0.2, 0.25) is 0 Å². The van der Waals surface area contributed by atoms with Gasteiger partial charge in [-0.15, -0.1) is 0 Å². The Bertz CT molecular complexity index is 768. The minimum Gasteiger partial charge on any atom is -0.382 e. The maximum atomic E-state index is 13.8. The number of hydrogen-bond acceptors (Lipinski definition) is 2. The van der Waals surface area contributed by atoms with Crippen LogP contribution >= 0.6 is 0 Å². The number of piperidine rings is 1.